The molecule has 0 aliphatic carbocycles. The van der Waals surface area contributed by atoms with Gasteiger partial charge in [0.15, 0.2) is 0 Å². The van der Waals surface area contributed by atoms with Crippen LogP contribution in [0.25, 0.3) is 0 Å². The van der Waals surface area contributed by atoms with Gasteiger partial charge in [-0.25, -0.2) is 4.98 Å². The van der Waals surface area contributed by atoms with E-state index in [1.165, 1.54) is 0 Å². The Bertz CT molecular complexity index is 286. The number of methoxy groups -OCH3 is 1. The first kappa shape index (κ1) is 12.2. The second-order valence-corrected chi connectivity index (χ2v) is 3.75. The molecule has 1 aromatic rings. The number of nitrogens with zero attached hydrogens (tertiary/aromatic N) is 2. The fourth-order valence-electron chi connectivity index (χ4n) is 1.48. The Labute approximate surface area is 90.9 Å². The van der Waals surface area contributed by atoms with Crippen LogP contribution in [0.2, 0.25) is 0 Å². The largest absolute Gasteiger partial charge is 0.390 e. The molecule has 1 N–H and O–H groups in total. The van der Waals surface area contributed by atoms with Gasteiger partial charge >= 0.3 is 0 Å². The molecule has 0 amide bonds. The molecule has 0 aromatic carbocycles. The van der Waals surface area contributed by atoms with Crippen LogP contribution in [-0.4, -0.2) is 34.0 Å². The third-order valence-corrected chi connectivity index (χ3v) is 2.57. The minimum atomic E-state index is -0.493. The normalized spacial score (nSPS) is 15.2. The van der Waals surface area contributed by atoms with Crippen molar-refractivity contribution in [3.8, 4) is 0 Å². The molecule has 15 heavy (non-hydrogen) atoms. The Morgan fingerprint density at radius 1 is 1.60 bits per heavy atom. The van der Waals surface area contributed by atoms with E-state index in [9.17, 15) is 5.11 Å². The number of imidazole rings is 1. The third-order valence-electron chi connectivity index (χ3n) is 2.57. The first-order valence-electron chi connectivity index (χ1n) is 5.39. The highest BCUT2D eigenvalue weighted by atomic mass is 16.5. The highest BCUT2D eigenvalue weighted by Crippen LogP contribution is 2.07. The van der Waals surface area contributed by atoms with Gasteiger partial charge in [-0.2, -0.15) is 0 Å². The summed E-state index contributed by atoms with van der Waals surface area (Å²) in [4.78, 5) is 4.24. The first-order valence-corrected chi connectivity index (χ1v) is 5.39. The number of aryl methyl sites for hydroxylation is 1. The quantitative estimate of drug-likeness (QED) is 0.771. The van der Waals surface area contributed by atoms with Crippen molar-refractivity contribution in [3.05, 3.63) is 18.2 Å². The predicted octanol–water partition coefficient (Wildman–Crippen LogP) is 1.23. The minimum absolute atomic E-state index is 0.156. The summed E-state index contributed by atoms with van der Waals surface area (Å²) >= 11 is 0. The van der Waals surface area contributed by atoms with Crippen LogP contribution < -0.4 is 0 Å². The Morgan fingerprint density at radius 3 is 2.93 bits per heavy atom. The fraction of sp³-hybridized carbons (Fsp3) is 0.727. The maximum atomic E-state index is 9.80. The van der Waals surface area contributed by atoms with E-state index < -0.39 is 6.10 Å². The van der Waals surface area contributed by atoms with Gasteiger partial charge in [0, 0.05) is 32.5 Å². The van der Waals surface area contributed by atoms with Crippen LogP contribution in [0, 0.1) is 0 Å². The second-order valence-electron chi connectivity index (χ2n) is 3.75. The number of aliphatic hydroxyl groups excluding tert-OH is 1. The molecule has 0 bridgehead atoms. The molecule has 0 saturated heterocycles. The molecular formula is C11H20N2O2. The van der Waals surface area contributed by atoms with Crippen molar-refractivity contribution in [2.24, 2.45) is 0 Å². The number of hydrogen-bond donors (Lipinski definition) is 1. The summed E-state index contributed by atoms with van der Waals surface area (Å²) < 4.78 is 7.15. The molecule has 0 aliphatic rings. The zero-order valence-corrected chi connectivity index (χ0v) is 9.68. The molecule has 86 valence electrons. The molecule has 1 heterocycles. The molecular weight excluding hydrogens is 192 g/mol. The minimum Gasteiger partial charge on any atom is -0.390 e. The highest BCUT2D eigenvalue weighted by Gasteiger charge is 2.16. The van der Waals surface area contributed by atoms with E-state index in [2.05, 4.69) is 16.5 Å². The van der Waals surface area contributed by atoms with E-state index in [1.807, 2.05) is 13.1 Å². The van der Waals surface area contributed by atoms with Gasteiger partial charge in [0.25, 0.3) is 0 Å². The molecule has 0 saturated carbocycles. The molecule has 1 rings (SSSR count). The van der Waals surface area contributed by atoms with E-state index >= 15 is 0 Å². The van der Waals surface area contributed by atoms with Crippen LogP contribution in [0.3, 0.4) is 0 Å². The average molecular weight is 212 g/mol. The van der Waals surface area contributed by atoms with E-state index in [1.54, 1.807) is 13.3 Å². The summed E-state index contributed by atoms with van der Waals surface area (Å²) in [6.45, 7) is 4.93. The summed E-state index contributed by atoms with van der Waals surface area (Å²) in [6.07, 6.45) is 4.68. The van der Waals surface area contributed by atoms with Gasteiger partial charge in [-0.1, -0.05) is 6.92 Å². The number of rotatable bonds is 6. The smallest absolute Gasteiger partial charge is 0.111 e. The van der Waals surface area contributed by atoms with Crippen LogP contribution in [0.4, 0.5) is 0 Å². The topological polar surface area (TPSA) is 47.3 Å². The van der Waals surface area contributed by atoms with Crippen molar-refractivity contribution in [2.75, 3.05) is 7.11 Å². The van der Waals surface area contributed by atoms with Crippen molar-refractivity contribution in [3.63, 3.8) is 0 Å². The standard InChI is InChI=1S/C11H20N2O2/c1-4-6-13-7-5-12-11(13)8-10(14)9(2)15-3/h5,7,9-10,14H,4,6,8H2,1-3H3. The number of aromatic nitrogens is 2. The fourth-order valence-corrected chi connectivity index (χ4v) is 1.48. The SMILES string of the molecule is CCCn1ccnc1CC(O)C(C)OC. The average Bonchev–Trinajstić information content (AvgIpc) is 2.65. The van der Waals surface area contributed by atoms with Gasteiger partial charge in [-0.15, -0.1) is 0 Å². The lowest BCUT2D eigenvalue weighted by Crippen LogP contribution is -2.28. The Balaban J connectivity index is 2.59. The van der Waals surface area contributed by atoms with Gasteiger partial charge in [0.05, 0.1) is 12.2 Å². The highest BCUT2D eigenvalue weighted by molar-refractivity contribution is 4.95. The first-order chi connectivity index (χ1) is 7.19. The third kappa shape index (κ3) is 3.32. The van der Waals surface area contributed by atoms with Crippen molar-refractivity contribution < 1.29 is 9.84 Å². The van der Waals surface area contributed by atoms with Gasteiger partial charge in [-0.05, 0) is 13.3 Å². The van der Waals surface area contributed by atoms with Crippen molar-refractivity contribution in [1.29, 1.82) is 0 Å². The van der Waals surface area contributed by atoms with Crippen LogP contribution in [0.15, 0.2) is 12.4 Å². The number of aliphatic hydroxyl groups is 1. The lowest BCUT2D eigenvalue weighted by molar-refractivity contribution is -0.000908. The second kappa shape index (κ2) is 5.88. The molecule has 0 spiro atoms. The van der Waals surface area contributed by atoms with Gasteiger partial charge in [0.1, 0.15) is 5.82 Å². The van der Waals surface area contributed by atoms with Crippen LogP contribution in [0.5, 0.6) is 0 Å². The summed E-state index contributed by atoms with van der Waals surface area (Å²) in [5.41, 5.74) is 0. The van der Waals surface area contributed by atoms with E-state index in [0.717, 1.165) is 18.8 Å². The van der Waals surface area contributed by atoms with Crippen molar-refractivity contribution in [2.45, 2.75) is 45.4 Å². The summed E-state index contributed by atoms with van der Waals surface area (Å²) in [5, 5.41) is 9.80. The maximum absolute atomic E-state index is 9.80. The van der Waals surface area contributed by atoms with E-state index in [0.29, 0.717) is 6.42 Å². The van der Waals surface area contributed by atoms with E-state index in [4.69, 9.17) is 4.74 Å². The van der Waals surface area contributed by atoms with Crippen molar-refractivity contribution in [1.82, 2.24) is 9.55 Å². The van der Waals surface area contributed by atoms with Crippen LogP contribution in [-0.2, 0) is 17.7 Å². The zero-order chi connectivity index (χ0) is 11.3. The Hall–Kier alpha value is -0.870. The summed E-state index contributed by atoms with van der Waals surface area (Å²) in [7, 11) is 1.60. The molecule has 1 aromatic heterocycles. The number of ether oxygens (including phenoxy) is 1. The van der Waals surface area contributed by atoms with Gasteiger partial charge in [0.2, 0.25) is 0 Å². The van der Waals surface area contributed by atoms with E-state index in [-0.39, 0.29) is 6.10 Å². The van der Waals surface area contributed by atoms with Gasteiger partial charge in [-0.3, -0.25) is 0 Å². The maximum Gasteiger partial charge on any atom is 0.111 e. The number of hydrogen-bond acceptors (Lipinski definition) is 3. The summed E-state index contributed by atoms with van der Waals surface area (Å²) in [5.74, 6) is 0.924. The van der Waals surface area contributed by atoms with Gasteiger partial charge < -0.3 is 14.4 Å². The molecule has 2 atom stereocenters. The molecule has 2 unspecified atom stereocenters. The lowest BCUT2D eigenvalue weighted by atomic mass is 10.1. The lowest BCUT2D eigenvalue weighted by Gasteiger charge is -2.17. The van der Waals surface area contributed by atoms with Crippen molar-refractivity contribution >= 4 is 0 Å². The summed E-state index contributed by atoms with van der Waals surface area (Å²) in [6, 6.07) is 0. The molecule has 0 radical (unpaired) electrons. The Kier molecular flexibility index (Phi) is 4.78. The van der Waals surface area contributed by atoms with Crippen LogP contribution >= 0.6 is 0 Å². The zero-order valence-electron chi connectivity index (χ0n) is 9.68. The molecule has 0 aliphatic heterocycles. The Morgan fingerprint density at radius 2 is 2.33 bits per heavy atom. The predicted molar refractivity (Wildman–Crippen MR) is 58.7 cm³/mol. The molecule has 4 heteroatoms. The molecule has 0 fully saturated rings. The monoisotopic (exact) mass is 212 g/mol. The van der Waals surface area contributed by atoms with Crippen LogP contribution in [0.1, 0.15) is 26.1 Å². The molecule has 4 nitrogen and oxygen atoms in total.